The van der Waals surface area contributed by atoms with Gasteiger partial charge >= 0.3 is 5.97 Å². The number of carboxylic acid groups (broad SMARTS) is 1. The maximum absolute atomic E-state index is 11.2. The summed E-state index contributed by atoms with van der Waals surface area (Å²) < 4.78 is 0. The monoisotopic (exact) mass is 279 g/mol. The molecular formula is C15H25N3O2. The number of hydrogen-bond donors (Lipinski definition) is 1. The molecule has 0 aromatic carbocycles. The lowest BCUT2D eigenvalue weighted by atomic mass is 10.0. The van der Waals surface area contributed by atoms with Gasteiger partial charge in [-0.05, 0) is 64.7 Å². The molecule has 0 spiro atoms. The first kappa shape index (κ1) is 15.3. The number of nitrogens with zero attached hydrogens (tertiary/aromatic N) is 3. The molecule has 2 fully saturated rings. The average Bonchev–Trinajstić information content (AvgIpc) is 2.94. The van der Waals surface area contributed by atoms with Crippen molar-refractivity contribution in [1.82, 2.24) is 9.80 Å². The van der Waals surface area contributed by atoms with Gasteiger partial charge in [0.15, 0.2) is 0 Å². The van der Waals surface area contributed by atoms with Gasteiger partial charge in [0, 0.05) is 12.5 Å². The van der Waals surface area contributed by atoms with Crippen molar-refractivity contribution in [3.8, 4) is 6.07 Å². The van der Waals surface area contributed by atoms with Gasteiger partial charge < -0.3 is 10.0 Å². The Morgan fingerprint density at radius 2 is 1.95 bits per heavy atom. The highest BCUT2D eigenvalue weighted by Gasteiger charge is 2.36. The molecule has 5 nitrogen and oxygen atoms in total. The van der Waals surface area contributed by atoms with E-state index in [1.807, 2.05) is 0 Å². The number of likely N-dealkylation sites (tertiary alicyclic amines) is 2. The van der Waals surface area contributed by atoms with Crippen LogP contribution in [0.1, 0.15) is 44.9 Å². The van der Waals surface area contributed by atoms with Crippen molar-refractivity contribution in [3.05, 3.63) is 0 Å². The van der Waals surface area contributed by atoms with Gasteiger partial charge in [0.25, 0.3) is 0 Å². The van der Waals surface area contributed by atoms with E-state index >= 15 is 0 Å². The molecule has 2 rings (SSSR count). The molecular weight excluding hydrogens is 254 g/mol. The number of carbonyl (C=O) groups is 1. The fourth-order valence-corrected chi connectivity index (χ4v) is 3.51. The minimum atomic E-state index is -0.651. The predicted molar refractivity (Wildman–Crippen MR) is 76.3 cm³/mol. The van der Waals surface area contributed by atoms with E-state index in [1.165, 1.54) is 0 Å². The Hall–Kier alpha value is -1.12. The maximum Gasteiger partial charge on any atom is 0.320 e. The Bertz CT molecular complexity index is 359. The Balaban J connectivity index is 1.71. The first-order valence-corrected chi connectivity index (χ1v) is 7.80. The number of unbranched alkanes of at least 4 members (excludes halogenated alkanes) is 2. The average molecular weight is 279 g/mol. The maximum atomic E-state index is 11.2. The third-order valence-electron chi connectivity index (χ3n) is 4.62. The minimum Gasteiger partial charge on any atom is -0.480 e. The van der Waals surface area contributed by atoms with Gasteiger partial charge in [-0.15, -0.1) is 0 Å². The standard InChI is InChI=1S/C15H25N3O2/c16-8-2-1-3-9-17-11-6-13(7-12-17)18-10-4-5-14(18)15(19)20/h13-14H,1-7,9-12H2,(H,19,20). The predicted octanol–water partition coefficient (Wildman–Crippen LogP) is 1.69. The highest BCUT2D eigenvalue weighted by Crippen LogP contribution is 2.26. The van der Waals surface area contributed by atoms with Gasteiger partial charge in [0.2, 0.25) is 0 Å². The molecule has 0 amide bonds. The smallest absolute Gasteiger partial charge is 0.320 e. The van der Waals surface area contributed by atoms with Crippen LogP contribution in [-0.4, -0.2) is 59.1 Å². The molecule has 2 aliphatic rings. The van der Waals surface area contributed by atoms with Gasteiger partial charge in [-0.2, -0.15) is 5.26 Å². The van der Waals surface area contributed by atoms with Crippen molar-refractivity contribution in [2.24, 2.45) is 0 Å². The molecule has 20 heavy (non-hydrogen) atoms. The Morgan fingerprint density at radius 3 is 2.60 bits per heavy atom. The lowest BCUT2D eigenvalue weighted by Gasteiger charge is -2.38. The second kappa shape index (κ2) is 7.61. The molecule has 0 radical (unpaired) electrons. The SMILES string of the molecule is N#CCCCCN1CCC(N2CCCC2C(=O)O)CC1. The molecule has 2 aliphatic heterocycles. The third kappa shape index (κ3) is 3.94. The van der Waals surface area contributed by atoms with E-state index in [-0.39, 0.29) is 6.04 Å². The second-order valence-corrected chi connectivity index (χ2v) is 5.92. The van der Waals surface area contributed by atoms with Crippen LogP contribution in [0.3, 0.4) is 0 Å². The number of rotatable bonds is 6. The zero-order chi connectivity index (χ0) is 14.4. The molecule has 1 N–H and O–H groups in total. The summed E-state index contributed by atoms with van der Waals surface area (Å²) in [7, 11) is 0. The summed E-state index contributed by atoms with van der Waals surface area (Å²) in [5, 5.41) is 17.8. The highest BCUT2D eigenvalue weighted by atomic mass is 16.4. The van der Waals surface area contributed by atoms with E-state index in [4.69, 9.17) is 5.26 Å². The molecule has 112 valence electrons. The molecule has 1 unspecified atom stereocenters. The van der Waals surface area contributed by atoms with Gasteiger partial charge in [-0.3, -0.25) is 9.69 Å². The summed E-state index contributed by atoms with van der Waals surface area (Å²) in [6.45, 7) is 4.17. The fraction of sp³-hybridized carbons (Fsp3) is 0.867. The van der Waals surface area contributed by atoms with E-state index < -0.39 is 5.97 Å². The molecule has 0 saturated carbocycles. The normalized spacial score (nSPS) is 25.6. The lowest BCUT2D eigenvalue weighted by molar-refractivity contribution is -0.143. The molecule has 0 aromatic rings. The van der Waals surface area contributed by atoms with Crippen LogP contribution < -0.4 is 0 Å². The highest BCUT2D eigenvalue weighted by molar-refractivity contribution is 5.73. The number of hydrogen-bond acceptors (Lipinski definition) is 4. The summed E-state index contributed by atoms with van der Waals surface area (Å²) in [6.07, 6.45) is 6.74. The van der Waals surface area contributed by atoms with Gasteiger partial charge in [-0.25, -0.2) is 0 Å². The summed E-state index contributed by atoms with van der Waals surface area (Å²) in [4.78, 5) is 15.9. The molecule has 0 aliphatic carbocycles. The van der Waals surface area contributed by atoms with Crippen LogP contribution in [0, 0.1) is 11.3 Å². The van der Waals surface area contributed by atoms with Crippen LogP contribution in [0.2, 0.25) is 0 Å². The van der Waals surface area contributed by atoms with Crippen LogP contribution in [0.15, 0.2) is 0 Å². The summed E-state index contributed by atoms with van der Waals surface area (Å²) in [5.41, 5.74) is 0. The van der Waals surface area contributed by atoms with Crippen LogP contribution in [0.4, 0.5) is 0 Å². The Morgan fingerprint density at radius 1 is 1.20 bits per heavy atom. The zero-order valence-electron chi connectivity index (χ0n) is 12.1. The van der Waals surface area contributed by atoms with Gasteiger partial charge in [0.05, 0.1) is 6.07 Å². The van der Waals surface area contributed by atoms with E-state index in [0.29, 0.717) is 12.5 Å². The topological polar surface area (TPSA) is 67.6 Å². The molecule has 5 heteroatoms. The van der Waals surface area contributed by atoms with E-state index in [1.54, 1.807) is 0 Å². The number of nitriles is 1. The van der Waals surface area contributed by atoms with E-state index in [2.05, 4.69) is 15.9 Å². The first-order valence-electron chi connectivity index (χ1n) is 7.80. The van der Waals surface area contributed by atoms with Crippen molar-refractivity contribution in [3.63, 3.8) is 0 Å². The summed E-state index contributed by atoms with van der Waals surface area (Å²) >= 11 is 0. The molecule has 1 atom stereocenters. The zero-order valence-corrected chi connectivity index (χ0v) is 12.1. The van der Waals surface area contributed by atoms with Crippen LogP contribution in [-0.2, 0) is 4.79 Å². The Labute approximate surface area is 121 Å². The van der Waals surface area contributed by atoms with Gasteiger partial charge in [-0.1, -0.05) is 0 Å². The molecule has 2 heterocycles. The van der Waals surface area contributed by atoms with Crippen molar-refractivity contribution in [1.29, 1.82) is 5.26 Å². The van der Waals surface area contributed by atoms with Crippen molar-refractivity contribution < 1.29 is 9.90 Å². The van der Waals surface area contributed by atoms with Crippen molar-refractivity contribution >= 4 is 5.97 Å². The molecule has 2 saturated heterocycles. The third-order valence-corrected chi connectivity index (χ3v) is 4.62. The largest absolute Gasteiger partial charge is 0.480 e. The summed E-state index contributed by atoms with van der Waals surface area (Å²) in [5.74, 6) is -0.651. The van der Waals surface area contributed by atoms with E-state index in [9.17, 15) is 9.90 Å². The van der Waals surface area contributed by atoms with Crippen LogP contribution in [0.5, 0.6) is 0 Å². The molecule has 0 bridgehead atoms. The summed E-state index contributed by atoms with van der Waals surface area (Å²) in [6, 6.07) is 2.39. The minimum absolute atomic E-state index is 0.248. The fourth-order valence-electron chi connectivity index (χ4n) is 3.51. The second-order valence-electron chi connectivity index (χ2n) is 5.92. The van der Waals surface area contributed by atoms with Crippen LogP contribution in [0.25, 0.3) is 0 Å². The first-order chi connectivity index (χ1) is 9.72. The Kier molecular flexibility index (Phi) is 5.81. The number of aliphatic carboxylic acids is 1. The van der Waals surface area contributed by atoms with Crippen LogP contribution >= 0.6 is 0 Å². The van der Waals surface area contributed by atoms with Crippen molar-refractivity contribution in [2.75, 3.05) is 26.2 Å². The van der Waals surface area contributed by atoms with E-state index in [0.717, 1.165) is 64.7 Å². The van der Waals surface area contributed by atoms with Gasteiger partial charge in [0.1, 0.15) is 6.04 Å². The molecule has 0 aromatic heterocycles. The quantitative estimate of drug-likeness (QED) is 0.749. The lowest BCUT2D eigenvalue weighted by Crippen LogP contribution is -2.48. The van der Waals surface area contributed by atoms with Crippen molar-refractivity contribution in [2.45, 2.75) is 57.0 Å². The number of carboxylic acids is 1. The number of piperidine rings is 1.